The van der Waals surface area contributed by atoms with Gasteiger partial charge >= 0.3 is 59.1 Å². The van der Waals surface area contributed by atoms with Crippen LogP contribution in [0.3, 0.4) is 0 Å². The number of halogens is 1. The van der Waals surface area contributed by atoms with Crippen LogP contribution >= 0.6 is 20.2 Å². The number of rotatable bonds is 0. The van der Waals surface area contributed by atoms with Gasteiger partial charge in [-0.15, -0.1) is 12.4 Å². The minimum absolute atomic E-state index is 0. The minimum atomic E-state index is -5.14. The van der Waals surface area contributed by atoms with Crippen molar-refractivity contribution in [2.75, 3.05) is 0 Å². The van der Waals surface area contributed by atoms with Gasteiger partial charge in [0.05, 0.1) is 7.82 Å². The van der Waals surface area contributed by atoms with Crippen LogP contribution in [-0.4, -0.2) is 10.4 Å². The van der Waals surface area contributed by atoms with Crippen LogP contribution in [0.1, 0.15) is 0 Å². The van der Waals surface area contributed by atoms with E-state index in [9.17, 15) is 0 Å². The molecule has 3 N–H and O–H groups in total. The zero-order valence-corrected chi connectivity index (χ0v) is 10.7. The second-order valence-electron chi connectivity index (χ2n) is 0.469. The molecule has 0 aliphatic heterocycles. The van der Waals surface area contributed by atoms with Gasteiger partial charge in [0.25, 0.3) is 0 Å². The van der Waals surface area contributed by atoms with Crippen molar-refractivity contribution in [3.8, 4) is 0 Å². The van der Waals surface area contributed by atoms with E-state index < -0.39 is 7.82 Å². The number of hydrogen-bond acceptors (Lipinski definition) is 3. The maximum absolute atomic E-state index is 8.66. The van der Waals surface area contributed by atoms with E-state index in [1.165, 1.54) is 0 Å². The largest absolute Gasteiger partial charge is 1.00 e. The molecule has 0 aromatic rings. The minimum Gasteiger partial charge on any atom is -0.790 e. The second kappa shape index (κ2) is 13.0. The van der Waals surface area contributed by atoms with E-state index in [2.05, 4.69) is 0 Å². The van der Waals surface area contributed by atoms with E-state index in [-0.39, 0.29) is 77.0 Å². The first-order valence-corrected chi connectivity index (χ1v) is 2.24. The molecule has 0 radical (unpaired) electrons. The van der Waals surface area contributed by atoms with Crippen molar-refractivity contribution in [2.24, 2.45) is 0 Å². The predicted molar refractivity (Wildman–Crippen MR) is 20.7 cm³/mol. The molecule has 0 aromatic heterocycles. The molecule has 0 saturated heterocycles. The van der Waals surface area contributed by atoms with Gasteiger partial charge in [-0.1, -0.05) is 0 Å². The van der Waals surface area contributed by atoms with Gasteiger partial charge in [-0.05, 0) is 0 Å². The van der Waals surface area contributed by atoms with Gasteiger partial charge < -0.3 is 24.7 Å². The first kappa shape index (κ1) is 30.1. The van der Waals surface area contributed by atoms with Crippen molar-refractivity contribution < 1.29 is 83.8 Å². The predicted octanol–water partition coefficient (Wildman–Crippen LogP) is -8.59. The van der Waals surface area contributed by atoms with E-state index >= 15 is 0 Å². The van der Waals surface area contributed by atoms with Crippen molar-refractivity contribution in [1.82, 2.24) is 0 Å². The fourth-order valence-corrected chi connectivity index (χ4v) is 0. The van der Waals surface area contributed by atoms with Crippen LogP contribution in [0.2, 0.25) is 0 Å². The first-order chi connectivity index (χ1) is 2.00. The summed E-state index contributed by atoms with van der Waals surface area (Å²) >= 11 is 0. The van der Waals surface area contributed by atoms with Crippen molar-refractivity contribution in [3.63, 3.8) is 0 Å². The third kappa shape index (κ3) is 130. The molecule has 0 aliphatic rings. The molecule has 0 saturated carbocycles. The molecule has 9 heteroatoms. The summed E-state index contributed by atoms with van der Waals surface area (Å²) in [5, 5.41) is 0. The van der Waals surface area contributed by atoms with Crippen LogP contribution in [-0.2, 0) is 4.57 Å². The number of hydrogen-bond donors (Lipinski definition) is 1. The van der Waals surface area contributed by atoms with Gasteiger partial charge in [0.15, 0.2) is 0 Å². The van der Waals surface area contributed by atoms with Gasteiger partial charge in [-0.3, -0.25) is 0 Å². The molecule has 48 valence electrons. The van der Waals surface area contributed by atoms with Crippen LogP contribution < -0.4 is 68.9 Å². The Hall–Kier alpha value is 2.36. The van der Waals surface area contributed by atoms with Gasteiger partial charge in [-0.2, -0.15) is 0 Å². The van der Waals surface area contributed by atoms with Crippen molar-refractivity contribution in [2.45, 2.75) is 0 Å². The molecule has 0 spiro atoms. The van der Waals surface area contributed by atoms with Crippen LogP contribution in [0.4, 0.5) is 0 Å². The maximum Gasteiger partial charge on any atom is 1.00 e. The fraction of sp³-hybridized carbons (Fsp3) is 0. The molecular formula is H4ClNa2O5P. The molecule has 0 aliphatic carbocycles. The van der Waals surface area contributed by atoms with Crippen LogP contribution in [0.15, 0.2) is 0 Å². The molecule has 0 unspecified atom stereocenters. The smallest absolute Gasteiger partial charge is 0.790 e. The number of phosphoric acid groups is 1. The molecule has 0 amide bonds. The van der Waals surface area contributed by atoms with Crippen molar-refractivity contribution in [3.05, 3.63) is 0 Å². The van der Waals surface area contributed by atoms with E-state index in [0.717, 1.165) is 0 Å². The first-order valence-electron chi connectivity index (χ1n) is 0.748. The van der Waals surface area contributed by atoms with Crippen molar-refractivity contribution in [1.29, 1.82) is 0 Å². The fourth-order valence-electron chi connectivity index (χ4n) is 0. The molecule has 0 atom stereocenters. The summed E-state index contributed by atoms with van der Waals surface area (Å²) < 4.78 is 8.66. The Balaban J connectivity index is -0.0000000133. The van der Waals surface area contributed by atoms with E-state index in [0.29, 0.717) is 0 Å². The molecule has 0 fully saturated rings. The Morgan fingerprint density at radius 1 is 1.22 bits per heavy atom. The summed E-state index contributed by atoms with van der Waals surface area (Å²) in [5.41, 5.74) is 0. The van der Waals surface area contributed by atoms with Crippen LogP contribution in [0.5, 0.6) is 0 Å². The third-order valence-electron chi connectivity index (χ3n) is 0. The summed E-state index contributed by atoms with van der Waals surface area (Å²) in [4.78, 5) is 24.3. The molecular weight excluding hydrogens is 192 g/mol. The Labute approximate surface area is 103 Å². The molecule has 0 aromatic carbocycles. The van der Waals surface area contributed by atoms with Crippen LogP contribution in [0.25, 0.3) is 0 Å². The summed E-state index contributed by atoms with van der Waals surface area (Å²) in [6, 6.07) is 0. The van der Waals surface area contributed by atoms with Gasteiger partial charge in [0, 0.05) is 0 Å². The van der Waals surface area contributed by atoms with Gasteiger partial charge in [-0.25, -0.2) is 0 Å². The topological polar surface area (TPSA) is 115 Å². The third-order valence-corrected chi connectivity index (χ3v) is 0. The molecule has 9 heavy (non-hydrogen) atoms. The monoisotopic (exact) mass is 196 g/mol. The zero-order chi connectivity index (χ0) is 4.50. The molecule has 0 heterocycles. The molecule has 0 rings (SSSR count). The summed E-state index contributed by atoms with van der Waals surface area (Å²) in [7, 11) is -5.14. The molecule has 0 bridgehead atoms. The summed E-state index contributed by atoms with van der Waals surface area (Å²) in [5.74, 6) is 0. The Morgan fingerprint density at radius 2 is 1.22 bits per heavy atom. The van der Waals surface area contributed by atoms with Crippen molar-refractivity contribution >= 4 is 20.2 Å². The van der Waals surface area contributed by atoms with Crippen LogP contribution in [0, 0.1) is 0 Å². The Morgan fingerprint density at radius 3 is 1.22 bits per heavy atom. The summed E-state index contributed by atoms with van der Waals surface area (Å²) in [6.07, 6.45) is 0. The quantitative estimate of drug-likeness (QED) is 0.306. The normalized spacial score (nSPS) is 6.56. The SMILES string of the molecule is Cl.O.O=P([O-])([O-])O.[Na+].[Na+]. The van der Waals surface area contributed by atoms with Gasteiger partial charge in [0.1, 0.15) is 0 Å². The Kier molecular flexibility index (Phi) is 43.5. The summed E-state index contributed by atoms with van der Waals surface area (Å²) in [6.45, 7) is 0. The molecule has 5 nitrogen and oxygen atoms in total. The zero-order valence-electron chi connectivity index (χ0n) is 5.03. The average molecular weight is 196 g/mol. The van der Waals surface area contributed by atoms with E-state index in [1.54, 1.807) is 0 Å². The average Bonchev–Trinajstić information content (AvgIpc) is 0.722. The van der Waals surface area contributed by atoms with Gasteiger partial charge in [0.2, 0.25) is 0 Å². The second-order valence-corrected chi connectivity index (χ2v) is 1.41. The van der Waals surface area contributed by atoms with E-state index in [1.807, 2.05) is 0 Å². The van der Waals surface area contributed by atoms with E-state index in [4.69, 9.17) is 19.2 Å². The standard InChI is InChI=1S/ClH.2Na.H3O4P.H2O/c;;;1-5(2,3)4;/h1H;;;(H3,1,2,3,4);1H2/q;2*+1;;/p-2. The maximum atomic E-state index is 8.66. The Bertz CT molecular complexity index is 61.1.